The fourth-order valence-electron chi connectivity index (χ4n) is 4.41. The quantitative estimate of drug-likeness (QED) is 0.242. The molecule has 0 radical (unpaired) electrons. The molecular weight excluding hydrogens is 520 g/mol. The zero-order chi connectivity index (χ0) is 27.4. The molecule has 38 heavy (non-hydrogen) atoms. The number of amides is 1. The van der Waals surface area contributed by atoms with Crippen molar-refractivity contribution < 1.29 is 17.9 Å². The molecule has 0 aliphatic heterocycles. The Kier molecular flexibility index (Phi) is 8.52. The molecule has 202 valence electrons. The molecule has 0 bridgehead atoms. The van der Waals surface area contributed by atoms with Crippen molar-refractivity contribution in [1.29, 1.82) is 0 Å². The monoisotopic (exact) mass is 554 g/mol. The Balaban J connectivity index is 1.53. The topological polar surface area (TPSA) is 94.4 Å². The van der Waals surface area contributed by atoms with Gasteiger partial charge in [-0.1, -0.05) is 37.3 Å². The highest BCUT2D eigenvalue weighted by atomic mass is 32.2. The number of carbonyl (C=O) groups excluding carboxylic acids is 1. The van der Waals surface area contributed by atoms with Crippen LogP contribution in [-0.2, 0) is 21.2 Å². The molecule has 2 aromatic carbocycles. The van der Waals surface area contributed by atoms with Crippen LogP contribution >= 0.6 is 11.3 Å². The minimum Gasteiger partial charge on any atom is -0.497 e. The van der Waals surface area contributed by atoms with Crippen LogP contribution in [0.4, 0.5) is 5.13 Å². The molecule has 0 saturated heterocycles. The summed E-state index contributed by atoms with van der Waals surface area (Å²) >= 11 is 1.48. The van der Waals surface area contributed by atoms with Crippen molar-refractivity contribution in [1.82, 2.24) is 14.8 Å². The van der Waals surface area contributed by atoms with Gasteiger partial charge in [-0.2, -0.15) is 5.10 Å². The Morgan fingerprint density at radius 2 is 1.87 bits per heavy atom. The van der Waals surface area contributed by atoms with Gasteiger partial charge in [-0.15, -0.1) is 0 Å². The number of anilines is 1. The number of nitrogens with zero attached hydrogens (tertiary/aromatic N) is 4. The van der Waals surface area contributed by atoms with Crippen LogP contribution in [0.3, 0.4) is 0 Å². The van der Waals surface area contributed by atoms with E-state index in [0.29, 0.717) is 29.9 Å². The summed E-state index contributed by atoms with van der Waals surface area (Å²) in [6.45, 7) is 9.09. The molecule has 0 unspecified atom stereocenters. The van der Waals surface area contributed by atoms with Gasteiger partial charge in [0.2, 0.25) is 5.91 Å². The molecule has 0 aliphatic carbocycles. The summed E-state index contributed by atoms with van der Waals surface area (Å²) in [7, 11) is -1.99. The second-order valence-electron chi connectivity index (χ2n) is 9.64. The summed E-state index contributed by atoms with van der Waals surface area (Å²) in [5.41, 5.74) is 3.99. The van der Waals surface area contributed by atoms with Crippen LogP contribution in [0.2, 0.25) is 0 Å². The molecule has 0 aliphatic rings. The average molecular weight is 555 g/mol. The Hall–Kier alpha value is -3.24. The van der Waals surface area contributed by atoms with Crippen LogP contribution in [0.1, 0.15) is 49.6 Å². The van der Waals surface area contributed by atoms with E-state index in [1.54, 1.807) is 17.0 Å². The summed E-state index contributed by atoms with van der Waals surface area (Å²) in [5.74, 6) is 0.624. The van der Waals surface area contributed by atoms with Crippen LogP contribution in [0, 0.1) is 13.8 Å². The lowest BCUT2D eigenvalue weighted by atomic mass is 10.0. The molecule has 0 N–H and O–H groups in total. The SMILES string of the molecule is COc1ccc(S(=O)(=O)CCCC(=O)N(CCn2nc(C)cc2C)c2nc3c(C(C)C)cccc3s2)cc1. The second kappa shape index (κ2) is 11.7. The van der Waals surface area contributed by atoms with Gasteiger partial charge in [0, 0.05) is 18.7 Å². The van der Waals surface area contributed by atoms with Crippen LogP contribution < -0.4 is 9.64 Å². The fraction of sp³-hybridized carbons (Fsp3) is 0.393. The number of aryl methyl sites for hydroxylation is 2. The first-order valence-corrected chi connectivity index (χ1v) is 15.1. The first-order chi connectivity index (χ1) is 18.1. The number of sulfone groups is 1. The number of hydrogen-bond donors (Lipinski definition) is 0. The lowest BCUT2D eigenvalue weighted by Gasteiger charge is -2.20. The van der Waals surface area contributed by atoms with E-state index >= 15 is 0 Å². The number of fused-ring (bicyclic) bond motifs is 1. The zero-order valence-electron chi connectivity index (χ0n) is 22.5. The van der Waals surface area contributed by atoms with Crippen molar-refractivity contribution in [2.45, 2.75) is 57.9 Å². The van der Waals surface area contributed by atoms with E-state index in [1.807, 2.05) is 36.7 Å². The first kappa shape index (κ1) is 27.8. The Bertz CT molecular complexity index is 1520. The smallest absolute Gasteiger partial charge is 0.228 e. The molecular formula is C28H34N4O4S2. The van der Waals surface area contributed by atoms with E-state index in [0.717, 1.165) is 27.2 Å². The number of aromatic nitrogens is 3. The number of benzene rings is 2. The minimum atomic E-state index is -3.52. The van der Waals surface area contributed by atoms with Crippen molar-refractivity contribution in [2.24, 2.45) is 0 Å². The molecule has 4 aromatic rings. The molecule has 0 saturated carbocycles. The molecule has 0 fully saturated rings. The molecule has 1 amide bonds. The van der Waals surface area contributed by atoms with Crippen LogP contribution in [0.25, 0.3) is 10.2 Å². The summed E-state index contributed by atoms with van der Waals surface area (Å²) < 4.78 is 33.7. The number of carbonyl (C=O) groups is 1. The Labute approximate surface area is 228 Å². The number of hydrogen-bond acceptors (Lipinski definition) is 7. The standard InChI is InChI=1S/C28H34N4O4S2/c1-19(2)24-8-6-9-25-27(24)29-28(37-25)31(15-16-32-21(4)18-20(3)30-32)26(33)10-7-17-38(34,35)23-13-11-22(36-5)12-14-23/h6,8-9,11-14,18-19H,7,10,15-17H2,1-5H3. The number of methoxy groups -OCH3 is 1. The Morgan fingerprint density at radius 1 is 1.13 bits per heavy atom. The predicted molar refractivity (Wildman–Crippen MR) is 152 cm³/mol. The molecule has 8 nitrogen and oxygen atoms in total. The third kappa shape index (κ3) is 6.24. The highest BCUT2D eigenvalue weighted by Crippen LogP contribution is 2.34. The van der Waals surface area contributed by atoms with E-state index in [-0.39, 0.29) is 29.4 Å². The first-order valence-electron chi connectivity index (χ1n) is 12.7. The summed E-state index contributed by atoms with van der Waals surface area (Å²) in [6, 6.07) is 14.4. The molecule has 2 heterocycles. The highest BCUT2D eigenvalue weighted by molar-refractivity contribution is 7.91. The molecule has 10 heteroatoms. The van der Waals surface area contributed by atoms with Gasteiger partial charge < -0.3 is 4.74 Å². The predicted octanol–water partition coefficient (Wildman–Crippen LogP) is 5.53. The normalized spacial score (nSPS) is 11.8. The van der Waals surface area contributed by atoms with Gasteiger partial charge >= 0.3 is 0 Å². The summed E-state index contributed by atoms with van der Waals surface area (Å²) in [5, 5.41) is 5.15. The van der Waals surface area contributed by atoms with Crippen LogP contribution in [-0.4, -0.2) is 48.5 Å². The molecule has 0 atom stereocenters. The van der Waals surface area contributed by atoms with Gasteiger partial charge in [0.1, 0.15) is 5.75 Å². The number of ether oxygens (including phenoxy) is 1. The van der Waals surface area contributed by atoms with Gasteiger partial charge in [-0.25, -0.2) is 13.4 Å². The maximum atomic E-state index is 13.5. The van der Waals surface area contributed by atoms with Crippen molar-refractivity contribution in [3.8, 4) is 5.75 Å². The van der Waals surface area contributed by atoms with Gasteiger partial charge in [0.15, 0.2) is 15.0 Å². The number of para-hydroxylation sites is 1. The van der Waals surface area contributed by atoms with E-state index in [4.69, 9.17) is 9.72 Å². The second-order valence-corrected chi connectivity index (χ2v) is 12.8. The number of thiazole rings is 1. The zero-order valence-corrected chi connectivity index (χ0v) is 24.1. The van der Waals surface area contributed by atoms with E-state index in [9.17, 15) is 13.2 Å². The van der Waals surface area contributed by atoms with Gasteiger partial charge in [-0.3, -0.25) is 14.4 Å². The fourth-order valence-corrected chi connectivity index (χ4v) is 6.77. The molecule has 2 aromatic heterocycles. The van der Waals surface area contributed by atoms with Crippen LogP contribution in [0.5, 0.6) is 5.75 Å². The Morgan fingerprint density at radius 3 is 2.50 bits per heavy atom. The average Bonchev–Trinajstić information content (AvgIpc) is 3.45. The maximum absolute atomic E-state index is 13.5. The van der Waals surface area contributed by atoms with Crippen molar-refractivity contribution in [2.75, 3.05) is 24.3 Å². The van der Waals surface area contributed by atoms with Gasteiger partial charge in [-0.05, 0) is 68.1 Å². The maximum Gasteiger partial charge on any atom is 0.228 e. The lowest BCUT2D eigenvalue weighted by molar-refractivity contribution is -0.118. The van der Waals surface area contributed by atoms with Crippen LogP contribution in [0.15, 0.2) is 53.4 Å². The van der Waals surface area contributed by atoms with E-state index in [1.165, 1.54) is 30.6 Å². The number of rotatable bonds is 11. The van der Waals surface area contributed by atoms with Crippen molar-refractivity contribution in [3.63, 3.8) is 0 Å². The lowest BCUT2D eigenvalue weighted by Crippen LogP contribution is -2.34. The minimum absolute atomic E-state index is 0.0967. The summed E-state index contributed by atoms with van der Waals surface area (Å²) in [4.78, 5) is 20.3. The van der Waals surface area contributed by atoms with E-state index in [2.05, 4.69) is 25.0 Å². The largest absolute Gasteiger partial charge is 0.497 e. The molecule has 4 rings (SSSR count). The third-order valence-corrected chi connectivity index (χ3v) is 9.31. The third-order valence-electron chi connectivity index (χ3n) is 6.45. The summed E-state index contributed by atoms with van der Waals surface area (Å²) in [6.07, 6.45) is 0.311. The van der Waals surface area contributed by atoms with Crippen molar-refractivity contribution >= 4 is 42.4 Å². The van der Waals surface area contributed by atoms with E-state index < -0.39 is 9.84 Å². The van der Waals surface area contributed by atoms with Crippen molar-refractivity contribution in [3.05, 3.63) is 65.5 Å². The molecule has 0 spiro atoms. The van der Waals surface area contributed by atoms with Gasteiger partial charge in [0.05, 0.1) is 40.2 Å². The highest BCUT2D eigenvalue weighted by Gasteiger charge is 2.23. The van der Waals surface area contributed by atoms with Gasteiger partial charge in [0.25, 0.3) is 0 Å².